The summed E-state index contributed by atoms with van der Waals surface area (Å²) in [5, 5.41) is 0. The van der Waals surface area contributed by atoms with E-state index in [9.17, 15) is 0 Å². The van der Waals surface area contributed by atoms with Gasteiger partial charge in [0.25, 0.3) is 0 Å². The molecule has 0 aromatic rings. The second kappa shape index (κ2) is 30.6. The van der Waals surface area contributed by atoms with E-state index in [1.165, 1.54) is 0 Å². The Morgan fingerprint density at radius 2 is 1.00 bits per heavy atom. The minimum Gasteiger partial charge on any atom is -0.346 e. The minimum atomic E-state index is 0. The van der Waals surface area contributed by atoms with E-state index in [-0.39, 0.29) is 37.1 Å². The molecular formula is C2H5V2-. The van der Waals surface area contributed by atoms with E-state index >= 15 is 0 Å². The van der Waals surface area contributed by atoms with E-state index in [1.807, 2.05) is 0 Å². The first-order valence-corrected chi connectivity index (χ1v) is 0.707. The van der Waals surface area contributed by atoms with Crippen molar-refractivity contribution in [3.05, 3.63) is 6.92 Å². The predicted molar refractivity (Wildman–Crippen MR) is 11.0 cm³/mol. The van der Waals surface area contributed by atoms with E-state index in [0.717, 1.165) is 0 Å². The van der Waals surface area contributed by atoms with Gasteiger partial charge < -0.3 is 6.92 Å². The molecule has 2 heteroatoms. The van der Waals surface area contributed by atoms with Crippen LogP contribution in [0, 0.1) is 6.92 Å². The van der Waals surface area contributed by atoms with Gasteiger partial charge >= 0.3 is 0 Å². The Morgan fingerprint density at radius 3 is 1.00 bits per heavy atom. The predicted octanol–water partition coefficient (Wildman–Crippen LogP) is 0.835. The van der Waals surface area contributed by atoms with Gasteiger partial charge in [-0.25, -0.2) is 0 Å². The van der Waals surface area contributed by atoms with E-state index in [1.54, 1.807) is 6.92 Å². The Hall–Kier alpha value is 1.17. The Labute approximate surface area is 51.1 Å². The normalized spacial score (nSPS) is 1.50. The van der Waals surface area contributed by atoms with Crippen LogP contribution in [0.1, 0.15) is 6.92 Å². The smallest absolute Gasteiger partial charge is 0 e. The molecule has 0 aromatic carbocycles. The molecule has 24 valence electrons. The van der Waals surface area contributed by atoms with Crippen molar-refractivity contribution >= 4 is 0 Å². The molecule has 0 N–H and O–H groups in total. The monoisotopic (exact) mass is 131 g/mol. The number of hydrogen-bond donors (Lipinski definition) is 0. The molecule has 0 aliphatic rings. The molecule has 0 aliphatic heterocycles. The second-order valence-electron chi connectivity index (χ2n) is 0. The molecule has 0 fully saturated rings. The van der Waals surface area contributed by atoms with Crippen LogP contribution >= 0.6 is 0 Å². The van der Waals surface area contributed by atoms with Gasteiger partial charge in [-0.2, -0.15) is 6.92 Å². The molecule has 0 atom stereocenters. The van der Waals surface area contributed by atoms with Gasteiger partial charge in [0.05, 0.1) is 0 Å². The summed E-state index contributed by atoms with van der Waals surface area (Å²) < 4.78 is 0. The summed E-state index contributed by atoms with van der Waals surface area (Å²) in [5.41, 5.74) is 0. The van der Waals surface area contributed by atoms with Crippen LogP contribution in [0.4, 0.5) is 0 Å². The Kier molecular flexibility index (Phi) is 146. The fourth-order valence-corrected chi connectivity index (χ4v) is 0. The maximum Gasteiger partial charge on any atom is 0 e. The average molecular weight is 131 g/mol. The summed E-state index contributed by atoms with van der Waals surface area (Å²) in [6, 6.07) is 0. The van der Waals surface area contributed by atoms with Gasteiger partial charge in [-0.1, -0.05) is 0 Å². The topological polar surface area (TPSA) is 0 Å². The maximum atomic E-state index is 3.25. The molecule has 0 nitrogen and oxygen atoms in total. The van der Waals surface area contributed by atoms with Crippen molar-refractivity contribution in [2.24, 2.45) is 0 Å². The first-order chi connectivity index (χ1) is 1.00. The number of rotatable bonds is 0. The van der Waals surface area contributed by atoms with E-state index in [0.29, 0.717) is 0 Å². The fourth-order valence-electron chi connectivity index (χ4n) is 0. The third-order valence-electron chi connectivity index (χ3n) is 0. The van der Waals surface area contributed by atoms with Crippen LogP contribution in [0.25, 0.3) is 0 Å². The first-order valence-electron chi connectivity index (χ1n) is 0.707. The average Bonchev–Trinajstić information content (AvgIpc) is 1.00. The van der Waals surface area contributed by atoms with Crippen LogP contribution < -0.4 is 0 Å². The van der Waals surface area contributed by atoms with Gasteiger partial charge in [-0.05, 0) is 0 Å². The molecule has 0 saturated carbocycles. The van der Waals surface area contributed by atoms with Gasteiger partial charge in [-0.3, -0.25) is 0 Å². The van der Waals surface area contributed by atoms with Gasteiger partial charge in [0, 0.05) is 37.1 Å². The van der Waals surface area contributed by atoms with Gasteiger partial charge in [0.15, 0.2) is 0 Å². The van der Waals surface area contributed by atoms with Crippen molar-refractivity contribution in [3.63, 3.8) is 0 Å². The molecule has 0 saturated heterocycles. The molecule has 0 amide bonds. The molecular weight excluding hydrogens is 126 g/mol. The van der Waals surface area contributed by atoms with Crippen molar-refractivity contribution in [3.8, 4) is 0 Å². The van der Waals surface area contributed by atoms with Crippen LogP contribution in [-0.2, 0) is 37.1 Å². The molecule has 0 rings (SSSR count). The number of hydrogen-bond acceptors (Lipinski definition) is 0. The maximum absolute atomic E-state index is 3.25. The van der Waals surface area contributed by atoms with Crippen molar-refractivity contribution in [2.75, 3.05) is 0 Å². The van der Waals surface area contributed by atoms with Crippen molar-refractivity contribution in [1.82, 2.24) is 0 Å². The Bertz CT molecular complexity index is 4.00. The quantitative estimate of drug-likeness (QED) is 0.427. The zero-order chi connectivity index (χ0) is 2.00. The summed E-state index contributed by atoms with van der Waals surface area (Å²) in [5.74, 6) is 0. The molecule has 4 heavy (non-hydrogen) atoms. The standard InChI is InChI=1S/C2H5.2V/c1-2;;/h1H2,2H3;;/q-1;;. The van der Waals surface area contributed by atoms with E-state index < -0.39 is 0 Å². The van der Waals surface area contributed by atoms with E-state index in [4.69, 9.17) is 0 Å². The third-order valence-corrected chi connectivity index (χ3v) is 0. The molecule has 0 spiro atoms. The zero-order valence-electron chi connectivity index (χ0n) is 2.60. The first kappa shape index (κ1) is 19.1. The Balaban J connectivity index is -0.00000000500. The summed E-state index contributed by atoms with van der Waals surface area (Å²) >= 11 is 0. The molecule has 0 aromatic heterocycles. The third kappa shape index (κ3) is 10.9. The van der Waals surface area contributed by atoms with Gasteiger partial charge in [-0.15, -0.1) is 0 Å². The van der Waals surface area contributed by atoms with Gasteiger partial charge in [0.1, 0.15) is 0 Å². The molecule has 0 heterocycles. The zero-order valence-corrected chi connectivity index (χ0v) is 5.39. The summed E-state index contributed by atoms with van der Waals surface area (Å²) in [6.07, 6.45) is 0. The van der Waals surface area contributed by atoms with E-state index in [2.05, 4.69) is 6.92 Å². The van der Waals surface area contributed by atoms with Crippen LogP contribution in [0.2, 0.25) is 0 Å². The van der Waals surface area contributed by atoms with Crippen molar-refractivity contribution < 1.29 is 37.1 Å². The van der Waals surface area contributed by atoms with Gasteiger partial charge in [0.2, 0.25) is 0 Å². The molecule has 0 aliphatic carbocycles. The SMILES string of the molecule is [CH2-]C.[V].[V]. The van der Waals surface area contributed by atoms with Crippen LogP contribution in [0.3, 0.4) is 0 Å². The minimum absolute atomic E-state index is 0. The van der Waals surface area contributed by atoms with Crippen molar-refractivity contribution in [1.29, 1.82) is 0 Å². The molecule has 2 radical (unpaired) electrons. The summed E-state index contributed by atoms with van der Waals surface area (Å²) in [4.78, 5) is 0. The summed E-state index contributed by atoms with van der Waals surface area (Å²) in [6.45, 7) is 5.00. The second-order valence-corrected chi connectivity index (χ2v) is 0. The fraction of sp³-hybridized carbons (Fsp3) is 0.500. The Morgan fingerprint density at radius 1 is 1.00 bits per heavy atom. The van der Waals surface area contributed by atoms with Crippen LogP contribution in [-0.4, -0.2) is 0 Å². The molecule has 0 unspecified atom stereocenters. The van der Waals surface area contributed by atoms with Crippen molar-refractivity contribution in [2.45, 2.75) is 6.92 Å². The van der Waals surface area contributed by atoms with Crippen LogP contribution in [0.15, 0.2) is 0 Å². The largest absolute Gasteiger partial charge is 0.346 e. The summed E-state index contributed by atoms with van der Waals surface area (Å²) in [7, 11) is 0. The van der Waals surface area contributed by atoms with Crippen LogP contribution in [0.5, 0.6) is 0 Å². The molecule has 0 bridgehead atoms.